The Hall–Kier alpha value is -0.900. The quantitative estimate of drug-likeness (QED) is 0.807. The van der Waals surface area contributed by atoms with E-state index in [0.717, 1.165) is 22.0 Å². The van der Waals surface area contributed by atoms with Crippen molar-refractivity contribution in [3.8, 4) is 0 Å². The predicted molar refractivity (Wildman–Crippen MR) is 52.2 cm³/mol. The average molecular weight is 199 g/mol. The third-order valence-electron chi connectivity index (χ3n) is 1.79. The molecule has 0 bridgehead atoms. The molecule has 0 spiro atoms. The Morgan fingerprint density at radius 3 is 2.85 bits per heavy atom. The Bertz CT molecular complexity index is 307. The molecule has 1 N–H and O–H groups in total. The number of carboxylic acids is 1. The molecule has 0 unspecified atom stereocenters. The summed E-state index contributed by atoms with van der Waals surface area (Å²) in [5.74, 6) is -0.742. The van der Waals surface area contributed by atoms with Gasteiger partial charge in [-0.3, -0.25) is 4.79 Å². The van der Waals surface area contributed by atoms with E-state index in [1.165, 1.54) is 0 Å². The highest BCUT2D eigenvalue weighted by Crippen LogP contribution is 2.19. The van der Waals surface area contributed by atoms with Crippen molar-refractivity contribution in [3.05, 3.63) is 15.6 Å². The fourth-order valence-electron chi connectivity index (χ4n) is 1.20. The number of aryl methyl sites for hydroxylation is 3. The first-order valence-electron chi connectivity index (χ1n) is 4.30. The second-order valence-corrected chi connectivity index (χ2v) is 4.14. The highest BCUT2D eigenvalue weighted by atomic mass is 32.1. The summed E-state index contributed by atoms with van der Waals surface area (Å²) < 4.78 is 0. The minimum Gasteiger partial charge on any atom is -0.481 e. The van der Waals surface area contributed by atoms with E-state index in [4.69, 9.17) is 5.11 Å². The van der Waals surface area contributed by atoms with E-state index in [2.05, 4.69) is 4.98 Å². The molecule has 0 saturated carbocycles. The van der Waals surface area contributed by atoms with Crippen molar-refractivity contribution in [2.24, 2.45) is 0 Å². The van der Waals surface area contributed by atoms with Crippen LogP contribution in [0.4, 0.5) is 0 Å². The summed E-state index contributed by atoms with van der Waals surface area (Å²) in [5, 5.41) is 9.55. The van der Waals surface area contributed by atoms with Crippen molar-refractivity contribution in [1.29, 1.82) is 0 Å². The van der Waals surface area contributed by atoms with Crippen LogP contribution in [0.15, 0.2) is 0 Å². The van der Waals surface area contributed by atoms with Crippen LogP contribution >= 0.6 is 11.3 Å². The zero-order valence-corrected chi connectivity index (χ0v) is 8.65. The van der Waals surface area contributed by atoms with Crippen LogP contribution in [-0.4, -0.2) is 16.1 Å². The standard InChI is InChI=1S/C9H13NO2S/c1-3-7-8(4-5-9(11)12)13-6(2)10-7/h3-5H2,1-2H3,(H,11,12). The molecule has 0 amide bonds. The molecule has 72 valence electrons. The topological polar surface area (TPSA) is 50.2 Å². The Morgan fingerprint density at radius 1 is 1.62 bits per heavy atom. The molecule has 3 nitrogen and oxygen atoms in total. The van der Waals surface area contributed by atoms with Crippen LogP contribution in [0.5, 0.6) is 0 Å². The lowest BCUT2D eigenvalue weighted by atomic mass is 10.2. The minimum atomic E-state index is -0.742. The van der Waals surface area contributed by atoms with Crippen molar-refractivity contribution >= 4 is 17.3 Å². The van der Waals surface area contributed by atoms with Crippen LogP contribution in [0.3, 0.4) is 0 Å². The Balaban J connectivity index is 2.69. The maximum atomic E-state index is 10.4. The summed E-state index contributed by atoms with van der Waals surface area (Å²) in [6.45, 7) is 3.99. The normalized spacial score (nSPS) is 10.3. The van der Waals surface area contributed by atoms with Crippen LogP contribution in [0.2, 0.25) is 0 Å². The lowest BCUT2D eigenvalue weighted by Crippen LogP contribution is -1.98. The maximum absolute atomic E-state index is 10.4. The van der Waals surface area contributed by atoms with Crippen molar-refractivity contribution in [3.63, 3.8) is 0 Å². The number of hydrogen-bond acceptors (Lipinski definition) is 3. The van der Waals surface area contributed by atoms with Crippen molar-refractivity contribution in [2.45, 2.75) is 33.1 Å². The lowest BCUT2D eigenvalue weighted by molar-refractivity contribution is -0.136. The van der Waals surface area contributed by atoms with Crippen molar-refractivity contribution in [2.75, 3.05) is 0 Å². The zero-order chi connectivity index (χ0) is 9.84. The number of aromatic nitrogens is 1. The van der Waals surface area contributed by atoms with Gasteiger partial charge in [-0.2, -0.15) is 0 Å². The predicted octanol–water partition coefficient (Wildman–Crippen LogP) is 2.03. The molecule has 4 heteroatoms. The third-order valence-corrected chi connectivity index (χ3v) is 2.86. The van der Waals surface area contributed by atoms with Gasteiger partial charge >= 0.3 is 5.97 Å². The van der Waals surface area contributed by atoms with Crippen LogP contribution in [0, 0.1) is 6.92 Å². The van der Waals surface area contributed by atoms with Gasteiger partial charge in [0.2, 0.25) is 0 Å². The fraction of sp³-hybridized carbons (Fsp3) is 0.556. The summed E-state index contributed by atoms with van der Waals surface area (Å²) >= 11 is 1.61. The number of carboxylic acid groups (broad SMARTS) is 1. The number of aliphatic carboxylic acids is 1. The maximum Gasteiger partial charge on any atom is 0.303 e. The number of thiazole rings is 1. The van der Waals surface area contributed by atoms with Crippen molar-refractivity contribution in [1.82, 2.24) is 4.98 Å². The van der Waals surface area contributed by atoms with E-state index < -0.39 is 5.97 Å². The summed E-state index contributed by atoms with van der Waals surface area (Å²) in [6, 6.07) is 0. The van der Waals surface area contributed by atoms with Gasteiger partial charge in [0.15, 0.2) is 0 Å². The Labute approximate surface area is 81.4 Å². The van der Waals surface area contributed by atoms with Gasteiger partial charge in [0, 0.05) is 4.88 Å². The molecule has 1 aromatic rings. The monoisotopic (exact) mass is 199 g/mol. The van der Waals surface area contributed by atoms with Gasteiger partial charge in [-0.05, 0) is 19.8 Å². The number of rotatable bonds is 4. The lowest BCUT2D eigenvalue weighted by Gasteiger charge is -1.95. The number of nitrogens with zero attached hydrogens (tertiary/aromatic N) is 1. The third kappa shape index (κ3) is 2.81. The molecule has 0 aliphatic carbocycles. The van der Waals surface area contributed by atoms with Crippen LogP contribution in [0.1, 0.15) is 28.9 Å². The van der Waals surface area contributed by atoms with E-state index in [-0.39, 0.29) is 6.42 Å². The molecule has 0 aliphatic heterocycles. The molecule has 0 atom stereocenters. The van der Waals surface area contributed by atoms with Crippen molar-refractivity contribution < 1.29 is 9.90 Å². The zero-order valence-electron chi connectivity index (χ0n) is 7.83. The van der Waals surface area contributed by atoms with E-state index in [9.17, 15) is 4.79 Å². The van der Waals surface area contributed by atoms with E-state index in [1.807, 2.05) is 13.8 Å². The Morgan fingerprint density at radius 2 is 2.31 bits per heavy atom. The first kappa shape index (κ1) is 10.2. The summed E-state index contributed by atoms with van der Waals surface area (Å²) in [7, 11) is 0. The van der Waals surface area contributed by atoms with Gasteiger partial charge in [-0.1, -0.05) is 6.92 Å². The smallest absolute Gasteiger partial charge is 0.303 e. The molecule has 0 saturated heterocycles. The van der Waals surface area contributed by atoms with Gasteiger partial charge < -0.3 is 5.11 Å². The first-order chi connectivity index (χ1) is 6.13. The highest BCUT2D eigenvalue weighted by molar-refractivity contribution is 7.11. The molecule has 1 rings (SSSR count). The molecule has 13 heavy (non-hydrogen) atoms. The molecule has 1 heterocycles. The van der Waals surface area contributed by atoms with E-state index in [1.54, 1.807) is 11.3 Å². The molecule has 0 aliphatic rings. The molecule has 0 fully saturated rings. The number of hydrogen-bond donors (Lipinski definition) is 1. The number of carbonyl (C=O) groups is 1. The molecular weight excluding hydrogens is 186 g/mol. The van der Waals surface area contributed by atoms with Gasteiger partial charge in [-0.25, -0.2) is 4.98 Å². The second kappa shape index (κ2) is 4.37. The van der Waals surface area contributed by atoms with Crippen LogP contribution in [-0.2, 0) is 17.6 Å². The molecule has 0 radical (unpaired) electrons. The van der Waals surface area contributed by atoms with Gasteiger partial charge in [0.05, 0.1) is 17.1 Å². The average Bonchev–Trinajstić information content (AvgIpc) is 2.42. The van der Waals surface area contributed by atoms with Gasteiger partial charge in [-0.15, -0.1) is 11.3 Å². The summed E-state index contributed by atoms with van der Waals surface area (Å²) in [6.07, 6.45) is 1.71. The van der Waals surface area contributed by atoms with Crippen LogP contribution in [0.25, 0.3) is 0 Å². The second-order valence-electron chi connectivity index (χ2n) is 2.85. The summed E-state index contributed by atoms with van der Waals surface area (Å²) in [5.41, 5.74) is 1.06. The van der Waals surface area contributed by atoms with E-state index >= 15 is 0 Å². The Kier molecular flexibility index (Phi) is 3.42. The fourth-order valence-corrected chi connectivity index (χ4v) is 2.23. The summed E-state index contributed by atoms with van der Waals surface area (Å²) in [4.78, 5) is 15.8. The highest BCUT2D eigenvalue weighted by Gasteiger charge is 2.08. The minimum absolute atomic E-state index is 0.203. The molecule has 0 aromatic carbocycles. The first-order valence-corrected chi connectivity index (χ1v) is 5.12. The van der Waals surface area contributed by atoms with Gasteiger partial charge in [0.1, 0.15) is 0 Å². The largest absolute Gasteiger partial charge is 0.481 e. The SMILES string of the molecule is CCc1nc(C)sc1CCC(=O)O. The van der Waals surface area contributed by atoms with Crippen LogP contribution < -0.4 is 0 Å². The molecule has 1 aromatic heterocycles. The van der Waals surface area contributed by atoms with E-state index in [0.29, 0.717) is 6.42 Å². The molecular formula is C9H13NO2S. The van der Waals surface area contributed by atoms with Gasteiger partial charge in [0.25, 0.3) is 0 Å².